The summed E-state index contributed by atoms with van der Waals surface area (Å²) >= 11 is 3.49. The highest BCUT2D eigenvalue weighted by Crippen LogP contribution is 2.35. The molecule has 5 heteroatoms. The van der Waals surface area contributed by atoms with Crippen molar-refractivity contribution < 1.29 is 13.5 Å². The van der Waals surface area contributed by atoms with Gasteiger partial charge in [-0.25, -0.2) is 8.78 Å². The lowest BCUT2D eigenvalue weighted by molar-refractivity contribution is -0.0661. The second kappa shape index (κ2) is 5.02. The van der Waals surface area contributed by atoms with Crippen molar-refractivity contribution in [2.75, 3.05) is 19.7 Å². The maximum Gasteiger partial charge on any atom is 0.260 e. The molecule has 2 heterocycles. The molecular formula is C14H16BrF2NO. The monoisotopic (exact) mass is 331 g/mol. The van der Waals surface area contributed by atoms with Crippen LogP contribution < -0.4 is 4.74 Å². The summed E-state index contributed by atoms with van der Waals surface area (Å²) in [7, 11) is 0. The van der Waals surface area contributed by atoms with Crippen LogP contribution in [0, 0.1) is 0 Å². The molecule has 1 fully saturated rings. The van der Waals surface area contributed by atoms with E-state index in [0.717, 1.165) is 28.8 Å². The molecule has 1 saturated heterocycles. The highest BCUT2D eigenvalue weighted by atomic mass is 79.9. The molecule has 0 unspecified atom stereocenters. The Balaban J connectivity index is 1.75. The Morgan fingerprint density at radius 1 is 1.37 bits per heavy atom. The lowest BCUT2D eigenvalue weighted by atomic mass is 10.0. The van der Waals surface area contributed by atoms with E-state index in [4.69, 9.17) is 4.74 Å². The molecule has 0 aliphatic carbocycles. The summed E-state index contributed by atoms with van der Waals surface area (Å²) in [5.41, 5.74) is 2.25. The summed E-state index contributed by atoms with van der Waals surface area (Å²) in [5.74, 6) is -1.62. The van der Waals surface area contributed by atoms with E-state index >= 15 is 0 Å². The maximum atomic E-state index is 13.4. The van der Waals surface area contributed by atoms with Gasteiger partial charge in [0, 0.05) is 19.4 Å². The van der Waals surface area contributed by atoms with E-state index in [9.17, 15) is 8.78 Å². The highest BCUT2D eigenvalue weighted by Gasteiger charge is 2.35. The van der Waals surface area contributed by atoms with Gasteiger partial charge in [0.05, 0.1) is 17.6 Å². The van der Waals surface area contributed by atoms with Gasteiger partial charge in [-0.2, -0.15) is 0 Å². The number of rotatable bonds is 2. The molecule has 104 valence electrons. The van der Waals surface area contributed by atoms with Gasteiger partial charge in [0.15, 0.2) is 0 Å². The first kappa shape index (κ1) is 13.3. The second-order valence-corrected chi connectivity index (χ2v) is 6.19. The summed E-state index contributed by atoms with van der Waals surface area (Å²) in [6.07, 6.45) is 1.49. The van der Waals surface area contributed by atoms with Gasteiger partial charge in [0.2, 0.25) is 0 Å². The van der Waals surface area contributed by atoms with E-state index in [0.29, 0.717) is 19.6 Å². The van der Waals surface area contributed by atoms with Gasteiger partial charge in [-0.3, -0.25) is 4.90 Å². The molecule has 0 amide bonds. The largest absolute Gasteiger partial charge is 0.492 e. The predicted octanol–water partition coefficient (Wildman–Crippen LogP) is 3.62. The van der Waals surface area contributed by atoms with Crippen molar-refractivity contribution in [3.63, 3.8) is 0 Å². The minimum absolute atomic E-state index is 0.0191. The summed E-state index contributed by atoms with van der Waals surface area (Å²) in [6.45, 7) is 1.92. The van der Waals surface area contributed by atoms with Crippen LogP contribution in [-0.4, -0.2) is 30.5 Å². The van der Waals surface area contributed by atoms with Gasteiger partial charge in [-0.05, 0) is 46.1 Å². The summed E-state index contributed by atoms with van der Waals surface area (Å²) in [6, 6.07) is 4.07. The molecular weight excluding hydrogens is 316 g/mol. The Bertz CT molecular complexity index is 493. The molecule has 2 aliphatic heterocycles. The number of alkyl halides is 2. The Morgan fingerprint density at radius 2 is 2.21 bits per heavy atom. The average Bonchev–Trinajstić information content (AvgIpc) is 2.76. The van der Waals surface area contributed by atoms with E-state index < -0.39 is 5.92 Å². The van der Waals surface area contributed by atoms with Crippen molar-refractivity contribution in [2.24, 2.45) is 0 Å². The van der Waals surface area contributed by atoms with Crippen LogP contribution in [0.25, 0.3) is 0 Å². The fourth-order valence-corrected chi connectivity index (χ4v) is 3.52. The molecule has 0 radical (unpaired) electrons. The fourth-order valence-electron chi connectivity index (χ4n) is 2.85. The van der Waals surface area contributed by atoms with Gasteiger partial charge in [0.25, 0.3) is 5.92 Å². The molecule has 3 rings (SSSR count). The Morgan fingerprint density at radius 3 is 3.00 bits per heavy atom. The average molecular weight is 332 g/mol. The van der Waals surface area contributed by atoms with Gasteiger partial charge in [-0.1, -0.05) is 6.07 Å². The van der Waals surface area contributed by atoms with Gasteiger partial charge in [0.1, 0.15) is 5.75 Å². The molecule has 0 atom stereocenters. The van der Waals surface area contributed by atoms with E-state index in [1.807, 2.05) is 11.0 Å². The zero-order chi connectivity index (χ0) is 13.5. The molecule has 19 heavy (non-hydrogen) atoms. The number of likely N-dealkylation sites (tertiary alicyclic amines) is 1. The van der Waals surface area contributed by atoms with Gasteiger partial charge < -0.3 is 4.74 Å². The van der Waals surface area contributed by atoms with Gasteiger partial charge in [-0.15, -0.1) is 0 Å². The molecule has 2 nitrogen and oxygen atoms in total. The number of hydrogen-bond acceptors (Lipinski definition) is 2. The van der Waals surface area contributed by atoms with Crippen molar-refractivity contribution in [1.29, 1.82) is 0 Å². The fraction of sp³-hybridized carbons (Fsp3) is 0.571. The first-order valence-corrected chi connectivity index (χ1v) is 7.37. The van der Waals surface area contributed by atoms with Crippen LogP contribution in [0.2, 0.25) is 0 Å². The number of benzene rings is 1. The van der Waals surface area contributed by atoms with Crippen LogP contribution in [0.1, 0.15) is 24.0 Å². The van der Waals surface area contributed by atoms with E-state index in [1.165, 1.54) is 5.56 Å². The smallest absolute Gasteiger partial charge is 0.260 e. The Hall–Kier alpha value is -0.680. The third kappa shape index (κ3) is 2.92. The van der Waals surface area contributed by atoms with Crippen LogP contribution in [0.5, 0.6) is 5.75 Å². The minimum Gasteiger partial charge on any atom is -0.492 e. The number of nitrogens with zero attached hydrogens (tertiary/aromatic N) is 1. The molecule has 1 aromatic carbocycles. The van der Waals surface area contributed by atoms with Gasteiger partial charge >= 0.3 is 0 Å². The summed E-state index contributed by atoms with van der Waals surface area (Å²) in [4.78, 5) is 1.84. The quantitative estimate of drug-likeness (QED) is 0.820. The Labute approximate surface area is 119 Å². The number of piperidine rings is 1. The second-order valence-electron chi connectivity index (χ2n) is 5.33. The van der Waals surface area contributed by atoms with Crippen molar-refractivity contribution in [1.82, 2.24) is 4.90 Å². The lowest BCUT2D eigenvalue weighted by Gasteiger charge is -2.32. The predicted molar refractivity (Wildman–Crippen MR) is 72.8 cm³/mol. The highest BCUT2D eigenvalue weighted by molar-refractivity contribution is 9.10. The first-order chi connectivity index (χ1) is 9.03. The molecule has 0 bridgehead atoms. The van der Waals surface area contributed by atoms with Crippen LogP contribution in [0.3, 0.4) is 0 Å². The zero-order valence-electron chi connectivity index (χ0n) is 10.6. The van der Waals surface area contributed by atoms with Crippen molar-refractivity contribution in [3.05, 3.63) is 27.7 Å². The van der Waals surface area contributed by atoms with E-state index in [-0.39, 0.29) is 13.0 Å². The minimum atomic E-state index is -2.53. The number of hydrogen-bond donors (Lipinski definition) is 0. The van der Waals surface area contributed by atoms with Crippen molar-refractivity contribution >= 4 is 15.9 Å². The van der Waals surface area contributed by atoms with E-state index in [1.54, 1.807) is 0 Å². The first-order valence-electron chi connectivity index (χ1n) is 6.58. The van der Waals surface area contributed by atoms with Crippen molar-refractivity contribution in [2.45, 2.75) is 31.7 Å². The van der Waals surface area contributed by atoms with Crippen LogP contribution >= 0.6 is 15.9 Å². The zero-order valence-corrected chi connectivity index (χ0v) is 12.2. The standard InChI is InChI=1S/C14H16BrF2NO/c15-12-7-10(6-11-2-5-19-13(11)12)8-18-4-1-3-14(16,17)9-18/h6-7H,1-5,8-9H2. The number of ether oxygens (including phenoxy) is 1. The molecule has 2 aliphatic rings. The van der Waals surface area contributed by atoms with Crippen LogP contribution in [0.15, 0.2) is 16.6 Å². The summed E-state index contributed by atoms with van der Waals surface area (Å²) in [5, 5.41) is 0. The maximum absolute atomic E-state index is 13.4. The number of fused-ring (bicyclic) bond motifs is 1. The van der Waals surface area contributed by atoms with Crippen LogP contribution in [-0.2, 0) is 13.0 Å². The molecule has 0 N–H and O–H groups in total. The summed E-state index contributed by atoms with van der Waals surface area (Å²) < 4.78 is 33.2. The molecule has 0 spiro atoms. The van der Waals surface area contributed by atoms with E-state index in [2.05, 4.69) is 22.0 Å². The number of halogens is 3. The third-order valence-corrected chi connectivity index (χ3v) is 4.27. The topological polar surface area (TPSA) is 12.5 Å². The SMILES string of the molecule is FC1(F)CCCN(Cc2cc(Br)c3c(c2)CCO3)C1. The normalized spacial score (nSPS) is 22.1. The lowest BCUT2D eigenvalue weighted by Crippen LogP contribution is -2.42. The molecule has 1 aromatic rings. The Kier molecular flexibility index (Phi) is 3.52. The molecule has 0 aromatic heterocycles. The van der Waals surface area contributed by atoms with Crippen LogP contribution in [0.4, 0.5) is 8.78 Å². The van der Waals surface area contributed by atoms with Crippen molar-refractivity contribution in [3.8, 4) is 5.75 Å². The molecule has 0 saturated carbocycles. The third-order valence-electron chi connectivity index (χ3n) is 3.68.